The predicted octanol–water partition coefficient (Wildman–Crippen LogP) is 4.32. The van der Waals surface area contributed by atoms with Crippen molar-refractivity contribution < 1.29 is 9.90 Å². The first-order valence-corrected chi connectivity index (χ1v) is 9.25. The van der Waals surface area contributed by atoms with Crippen LogP contribution in [0.2, 0.25) is 0 Å². The van der Waals surface area contributed by atoms with Gasteiger partial charge in [-0.2, -0.15) is 0 Å². The van der Waals surface area contributed by atoms with Crippen LogP contribution in [0.1, 0.15) is 18.1 Å². The molecular formula is C18H17BrN2O2S. The first-order valence-electron chi connectivity index (χ1n) is 7.58. The number of carbonyl (C=O) groups is 1. The summed E-state index contributed by atoms with van der Waals surface area (Å²) in [6.07, 6.45) is 2.69. The van der Waals surface area contributed by atoms with Crippen LogP contribution in [-0.4, -0.2) is 16.5 Å². The number of halogens is 1. The van der Waals surface area contributed by atoms with E-state index in [1.807, 2.05) is 12.1 Å². The fraction of sp³-hybridized carbons (Fsp3) is 0.167. The number of phenolic OH excluding ortho intramolecular Hbond substituents is 1. The van der Waals surface area contributed by atoms with E-state index >= 15 is 0 Å². The van der Waals surface area contributed by atoms with Gasteiger partial charge in [0, 0.05) is 15.7 Å². The second kappa shape index (κ2) is 7.32. The fourth-order valence-electron chi connectivity index (χ4n) is 2.34. The van der Waals surface area contributed by atoms with Crippen LogP contribution in [0.25, 0.3) is 6.08 Å². The Hall–Kier alpha value is -1.92. The average molecular weight is 405 g/mol. The maximum Gasteiger partial charge on any atom is 0.260 e. The Bertz CT molecular complexity index is 790. The molecule has 0 spiro atoms. The second-order valence-corrected chi connectivity index (χ2v) is 7.44. The Morgan fingerprint density at radius 2 is 2.04 bits per heavy atom. The summed E-state index contributed by atoms with van der Waals surface area (Å²) in [5.74, 6) is -0.00674. The highest BCUT2D eigenvalue weighted by Crippen LogP contribution is 2.33. The largest absolute Gasteiger partial charge is 0.507 e. The zero-order valence-electron chi connectivity index (χ0n) is 13.0. The van der Waals surface area contributed by atoms with Gasteiger partial charge < -0.3 is 15.7 Å². The average Bonchev–Trinajstić information content (AvgIpc) is 2.91. The molecule has 4 nitrogen and oxygen atoms in total. The van der Waals surface area contributed by atoms with Crippen molar-refractivity contribution in [3.8, 4) is 5.75 Å². The zero-order valence-corrected chi connectivity index (χ0v) is 15.4. The molecule has 1 saturated heterocycles. The van der Waals surface area contributed by atoms with Gasteiger partial charge in [0.2, 0.25) is 0 Å². The van der Waals surface area contributed by atoms with Crippen LogP contribution in [0.5, 0.6) is 5.75 Å². The van der Waals surface area contributed by atoms with E-state index in [1.54, 1.807) is 24.3 Å². The molecule has 124 valence electrons. The van der Waals surface area contributed by atoms with Gasteiger partial charge in [0.25, 0.3) is 5.91 Å². The molecule has 0 saturated carbocycles. The molecular weight excluding hydrogens is 388 g/mol. The number of phenols is 1. The summed E-state index contributed by atoms with van der Waals surface area (Å²) in [6, 6.07) is 13.3. The van der Waals surface area contributed by atoms with Gasteiger partial charge >= 0.3 is 0 Å². The number of aromatic hydroxyl groups is 1. The van der Waals surface area contributed by atoms with Crippen molar-refractivity contribution >= 4 is 45.4 Å². The molecule has 1 atom stereocenters. The maximum atomic E-state index is 12.1. The Kier molecular flexibility index (Phi) is 5.16. The van der Waals surface area contributed by atoms with Crippen molar-refractivity contribution in [3.63, 3.8) is 0 Å². The normalized spacial score (nSPS) is 18.7. The first kappa shape index (κ1) is 16.9. The van der Waals surface area contributed by atoms with Crippen LogP contribution in [0.4, 0.5) is 5.69 Å². The number of amides is 1. The monoisotopic (exact) mass is 404 g/mol. The van der Waals surface area contributed by atoms with Crippen molar-refractivity contribution in [3.05, 3.63) is 63.0 Å². The standard InChI is InChI=1S/C18H17BrN2O2S/c1-2-11-3-6-14(7-4-11)20-18-21-17(23)16(24-18)10-12-9-13(19)5-8-15(12)22/h3-10,18,20,22H,2H2,1H3,(H,21,23)/b16-10-. The van der Waals surface area contributed by atoms with Crippen LogP contribution >= 0.6 is 27.7 Å². The SMILES string of the molecule is CCc1ccc(NC2NC(=O)/C(=C/c3cc(Br)ccc3O)S2)cc1. The van der Waals surface area contributed by atoms with Gasteiger partial charge in [-0.1, -0.05) is 46.7 Å². The number of thioether (sulfide) groups is 1. The Labute approximate surface area is 153 Å². The third kappa shape index (κ3) is 3.94. The van der Waals surface area contributed by atoms with E-state index in [2.05, 4.69) is 45.6 Å². The maximum absolute atomic E-state index is 12.1. The Morgan fingerprint density at radius 1 is 1.29 bits per heavy atom. The molecule has 24 heavy (non-hydrogen) atoms. The van der Waals surface area contributed by atoms with Gasteiger partial charge in [-0.3, -0.25) is 4.79 Å². The van der Waals surface area contributed by atoms with Crippen molar-refractivity contribution in [2.24, 2.45) is 0 Å². The summed E-state index contributed by atoms with van der Waals surface area (Å²) in [6.45, 7) is 2.11. The first-order chi connectivity index (χ1) is 11.5. The molecule has 1 unspecified atom stereocenters. The lowest BCUT2D eigenvalue weighted by atomic mass is 10.1. The number of hydrogen-bond donors (Lipinski definition) is 3. The number of nitrogens with one attached hydrogen (secondary N) is 2. The Balaban J connectivity index is 1.73. The molecule has 0 bridgehead atoms. The minimum atomic E-state index is -0.231. The van der Waals surface area contributed by atoms with Crippen LogP contribution < -0.4 is 10.6 Å². The lowest BCUT2D eigenvalue weighted by Gasteiger charge is -2.12. The lowest BCUT2D eigenvalue weighted by Crippen LogP contribution is -2.30. The van der Waals surface area contributed by atoms with Crippen molar-refractivity contribution in [2.45, 2.75) is 18.8 Å². The number of carbonyl (C=O) groups excluding carboxylic acids is 1. The molecule has 1 amide bonds. The topological polar surface area (TPSA) is 61.4 Å². The highest BCUT2D eigenvalue weighted by molar-refractivity contribution is 9.10. The molecule has 2 aromatic rings. The number of rotatable bonds is 4. The van der Waals surface area contributed by atoms with Crippen LogP contribution in [-0.2, 0) is 11.2 Å². The van der Waals surface area contributed by atoms with E-state index in [-0.39, 0.29) is 17.2 Å². The molecule has 1 fully saturated rings. The zero-order chi connectivity index (χ0) is 17.1. The van der Waals surface area contributed by atoms with E-state index in [0.29, 0.717) is 10.5 Å². The van der Waals surface area contributed by atoms with Crippen molar-refractivity contribution in [2.75, 3.05) is 5.32 Å². The molecule has 6 heteroatoms. The Morgan fingerprint density at radius 3 is 2.75 bits per heavy atom. The third-order valence-electron chi connectivity index (χ3n) is 3.67. The van der Waals surface area contributed by atoms with E-state index < -0.39 is 0 Å². The number of benzene rings is 2. The molecule has 0 radical (unpaired) electrons. The van der Waals surface area contributed by atoms with Crippen LogP contribution in [0.3, 0.4) is 0 Å². The molecule has 1 aliphatic rings. The molecule has 0 aromatic heterocycles. The minimum absolute atomic E-state index is 0.144. The molecule has 1 heterocycles. The summed E-state index contributed by atoms with van der Waals surface area (Å²) in [4.78, 5) is 12.7. The van der Waals surface area contributed by atoms with Gasteiger partial charge in [0.1, 0.15) is 5.75 Å². The van der Waals surface area contributed by atoms with Gasteiger partial charge in [0.05, 0.1) is 4.91 Å². The lowest BCUT2D eigenvalue weighted by molar-refractivity contribution is -0.116. The van der Waals surface area contributed by atoms with Crippen LogP contribution in [0, 0.1) is 0 Å². The van der Waals surface area contributed by atoms with Gasteiger partial charge in [-0.05, 0) is 48.4 Å². The van der Waals surface area contributed by atoms with Crippen LogP contribution in [0.15, 0.2) is 51.8 Å². The van der Waals surface area contributed by atoms with E-state index in [0.717, 1.165) is 16.6 Å². The predicted molar refractivity (Wildman–Crippen MR) is 103 cm³/mol. The number of anilines is 1. The summed E-state index contributed by atoms with van der Waals surface area (Å²) < 4.78 is 0.848. The summed E-state index contributed by atoms with van der Waals surface area (Å²) >= 11 is 4.76. The number of aryl methyl sites for hydroxylation is 1. The van der Waals surface area contributed by atoms with E-state index in [9.17, 15) is 9.90 Å². The van der Waals surface area contributed by atoms with Crippen molar-refractivity contribution in [1.82, 2.24) is 5.32 Å². The smallest absolute Gasteiger partial charge is 0.260 e. The van der Waals surface area contributed by atoms with Crippen molar-refractivity contribution in [1.29, 1.82) is 0 Å². The highest BCUT2D eigenvalue weighted by atomic mass is 79.9. The summed E-state index contributed by atoms with van der Waals surface area (Å²) in [5.41, 5.74) is 2.60. The van der Waals surface area contributed by atoms with Gasteiger partial charge in [-0.15, -0.1) is 0 Å². The fourth-order valence-corrected chi connectivity index (χ4v) is 3.69. The molecule has 2 aromatic carbocycles. The van der Waals surface area contributed by atoms with E-state index in [4.69, 9.17) is 0 Å². The molecule has 3 N–H and O–H groups in total. The third-order valence-corrected chi connectivity index (χ3v) is 5.19. The minimum Gasteiger partial charge on any atom is -0.507 e. The van der Waals surface area contributed by atoms with E-state index in [1.165, 1.54) is 17.3 Å². The summed E-state index contributed by atoms with van der Waals surface area (Å²) in [5, 5.41) is 16.1. The highest BCUT2D eigenvalue weighted by Gasteiger charge is 2.27. The quantitative estimate of drug-likeness (QED) is 0.664. The molecule has 0 aliphatic carbocycles. The van der Waals surface area contributed by atoms with Gasteiger partial charge in [-0.25, -0.2) is 0 Å². The molecule has 3 rings (SSSR count). The van der Waals surface area contributed by atoms with Gasteiger partial charge in [0.15, 0.2) is 5.50 Å². The second-order valence-electron chi connectivity index (χ2n) is 5.38. The molecule has 1 aliphatic heterocycles. The summed E-state index contributed by atoms with van der Waals surface area (Å²) in [7, 11) is 0. The number of hydrogen-bond acceptors (Lipinski definition) is 4.